The number of fused-ring (bicyclic) bond motifs is 1. The van der Waals surface area contributed by atoms with Crippen LogP contribution in [0.3, 0.4) is 0 Å². The van der Waals surface area contributed by atoms with Gasteiger partial charge in [0.1, 0.15) is 5.82 Å². The maximum atomic E-state index is 13.9. The highest BCUT2D eigenvalue weighted by atomic mass is 16.3. The van der Waals surface area contributed by atoms with E-state index in [2.05, 4.69) is 47.8 Å². The number of aromatic nitrogens is 4. The minimum absolute atomic E-state index is 0.0618. The highest BCUT2D eigenvalue weighted by Gasteiger charge is 2.28. The normalized spacial score (nSPS) is 17.8. The van der Waals surface area contributed by atoms with Gasteiger partial charge in [0.15, 0.2) is 0 Å². The van der Waals surface area contributed by atoms with Crippen molar-refractivity contribution in [2.75, 3.05) is 30.9 Å². The molecule has 2 heterocycles. The third-order valence-corrected chi connectivity index (χ3v) is 9.76. The van der Waals surface area contributed by atoms with Crippen molar-refractivity contribution in [1.82, 2.24) is 25.1 Å². The van der Waals surface area contributed by atoms with Gasteiger partial charge < -0.3 is 20.6 Å². The summed E-state index contributed by atoms with van der Waals surface area (Å²) in [5.41, 5.74) is 5.35. The molecule has 3 aromatic carbocycles. The Kier molecular flexibility index (Phi) is 10.3. The van der Waals surface area contributed by atoms with Crippen LogP contribution in [0, 0.1) is 6.92 Å². The molecule has 252 valence electrons. The zero-order valence-corrected chi connectivity index (χ0v) is 28.8. The summed E-state index contributed by atoms with van der Waals surface area (Å²) < 4.78 is 1.62. The van der Waals surface area contributed by atoms with Crippen molar-refractivity contribution in [3.05, 3.63) is 112 Å². The van der Waals surface area contributed by atoms with Gasteiger partial charge in [0.05, 0.1) is 17.3 Å². The molecule has 1 fully saturated rings. The quantitative estimate of drug-likeness (QED) is 0.118. The van der Waals surface area contributed by atoms with Gasteiger partial charge in [-0.3, -0.25) is 9.89 Å². The van der Waals surface area contributed by atoms with Gasteiger partial charge in [-0.2, -0.15) is 4.98 Å². The van der Waals surface area contributed by atoms with Gasteiger partial charge in [0.2, 0.25) is 5.95 Å². The highest BCUT2D eigenvalue weighted by molar-refractivity contribution is 5.90. The number of hydrogen-bond donors (Lipinski definition) is 4. The minimum Gasteiger partial charge on any atom is -0.388 e. The number of anilines is 2. The van der Waals surface area contributed by atoms with Crippen LogP contribution in [0.5, 0.6) is 0 Å². The lowest BCUT2D eigenvalue weighted by atomic mass is 9.88. The first-order valence-corrected chi connectivity index (χ1v) is 17.3. The Bertz CT molecular complexity index is 1860. The van der Waals surface area contributed by atoms with Crippen molar-refractivity contribution in [1.29, 1.82) is 0 Å². The van der Waals surface area contributed by atoms with Crippen LogP contribution in [0.4, 0.5) is 11.8 Å². The van der Waals surface area contributed by atoms with E-state index in [0.29, 0.717) is 30.9 Å². The molecule has 6 rings (SSSR count). The van der Waals surface area contributed by atoms with Crippen molar-refractivity contribution in [2.24, 2.45) is 0 Å². The van der Waals surface area contributed by atoms with Crippen LogP contribution in [0.1, 0.15) is 86.3 Å². The largest absolute Gasteiger partial charge is 0.388 e. The summed E-state index contributed by atoms with van der Waals surface area (Å²) >= 11 is 0. The Morgan fingerprint density at radius 3 is 2.23 bits per heavy atom. The van der Waals surface area contributed by atoms with Gasteiger partial charge in [-0.05, 0) is 80.3 Å². The van der Waals surface area contributed by atoms with Crippen molar-refractivity contribution in [2.45, 2.75) is 82.9 Å². The maximum absolute atomic E-state index is 13.9. The Morgan fingerprint density at radius 1 is 0.896 bits per heavy atom. The minimum atomic E-state index is -0.689. The van der Waals surface area contributed by atoms with Crippen molar-refractivity contribution < 1.29 is 5.11 Å². The molecule has 9 heteroatoms. The van der Waals surface area contributed by atoms with Crippen molar-refractivity contribution in [3.8, 4) is 5.69 Å². The molecule has 0 radical (unpaired) electrons. The number of benzene rings is 3. The average Bonchev–Trinajstić information content (AvgIpc) is 3.40. The maximum Gasteiger partial charge on any atom is 0.274 e. The molecule has 4 N–H and O–H groups in total. The predicted octanol–water partition coefficient (Wildman–Crippen LogP) is 6.83. The van der Waals surface area contributed by atoms with E-state index in [4.69, 9.17) is 9.97 Å². The number of aromatic amines is 1. The van der Waals surface area contributed by atoms with E-state index in [-0.39, 0.29) is 17.5 Å². The summed E-state index contributed by atoms with van der Waals surface area (Å²) in [7, 11) is 4.02. The summed E-state index contributed by atoms with van der Waals surface area (Å²) in [6.45, 7) is 6.90. The van der Waals surface area contributed by atoms with Gasteiger partial charge in [-0.1, -0.05) is 68.4 Å². The molecule has 1 aliphatic rings. The summed E-state index contributed by atoms with van der Waals surface area (Å²) in [6.07, 6.45) is 3.73. The predicted molar refractivity (Wildman–Crippen MR) is 196 cm³/mol. The van der Waals surface area contributed by atoms with Crippen LogP contribution in [-0.2, 0) is 0 Å². The number of H-pyrrole nitrogens is 1. The molecule has 2 unspecified atom stereocenters. The van der Waals surface area contributed by atoms with Gasteiger partial charge in [0, 0.05) is 55.3 Å². The molecular weight excluding hydrogens is 598 g/mol. The fraction of sp³-hybridized carbons (Fsp3) is 0.410. The summed E-state index contributed by atoms with van der Waals surface area (Å²) in [5, 5.41) is 23.2. The van der Waals surface area contributed by atoms with E-state index in [1.165, 1.54) is 5.56 Å². The number of nitrogens with one attached hydrogen (secondary N) is 3. The Morgan fingerprint density at radius 2 is 1.54 bits per heavy atom. The van der Waals surface area contributed by atoms with Crippen molar-refractivity contribution in [3.63, 3.8) is 0 Å². The van der Waals surface area contributed by atoms with Gasteiger partial charge in [0.25, 0.3) is 5.56 Å². The Labute approximate surface area is 283 Å². The second kappa shape index (κ2) is 14.7. The molecule has 0 saturated heterocycles. The number of para-hydroxylation sites is 2. The number of nitrogens with zero attached hydrogens (tertiary/aromatic N) is 4. The van der Waals surface area contributed by atoms with Crippen LogP contribution in [0.2, 0.25) is 0 Å². The fourth-order valence-electron chi connectivity index (χ4n) is 7.01. The lowest BCUT2D eigenvalue weighted by molar-refractivity contribution is 0.155. The summed E-state index contributed by atoms with van der Waals surface area (Å²) in [5.74, 6) is 1.83. The number of rotatable bonds is 12. The molecule has 5 aromatic rings. The third kappa shape index (κ3) is 7.48. The van der Waals surface area contributed by atoms with Gasteiger partial charge >= 0.3 is 0 Å². The first kappa shape index (κ1) is 33.4. The van der Waals surface area contributed by atoms with E-state index in [9.17, 15) is 9.90 Å². The van der Waals surface area contributed by atoms with Crippen LogP contribution in [0.25, 0.3) is 16.6 Å². The average molecular weight is 648 g/mol. The molecule has 1 aliphatic carbocycles. The topological polar surface area (TPSA) is 111 Å². The van der Waals surface area contributed by atoms with Crippen LogP contribution >= 0.6 is 0 Å². The van der Waals surface area contributed by atoms with Crippen LogP contribution in [0.15, 0.2) is 83.7 Å². The molecule has 2 atom stereocenters. The lowest BCUT2D eigenvalue weighted by Crippen LogP contribution is -2.39. The number of aryl methyl sites for hydroxylation is 1. The van der Waals surface area contributed by atoms with E-state index in [1.54, 1.807) is 4.68 Å². The standard InChI is InChI=1S/C39H49N7O2/c1-25(2)27-15-17-28(18-16-27)35(47)23-29(36-26(3)44-46(38(36)48)32-11-7-6-8-12-32)24-40-30-19-21-31(22-20-30)41-39-42-34-14-10-9-13-33(34)37(43-39)45(4)5/h6-18,25,29-31,35,40,44,47H,19-24H2,1-5H3,(H,41,42,43). The third-order valence-electron chi connectivity index (χ3n) is 9.76. The molecule has 2 aromatic heterocycles. The SMILES string of the molecule is Cc1[nH]n(-c2ccccc2)c(=O)c1C(CNC1CCC(Nc2nc(N(C)C)c3ccccc3n2)CC1)CC(O)c1ccc(C(C)C)cc1. The van der Waals surface area contributed by atoms with Gasteiger partial charge in [-0.15, -0.1) is 0 Å². The molecule has 0 amide bonds. The van der Waals surface area contributed by atoms with Crippen LogP contribution < -0.4 is 21.1 Å². The second-order valence-corrected chi connectivity index (χ2v) is 13.8. The van der Waals surface area contributed by atoms with E-state index in [0.717, 1.165) is 64.9 Å². The van der Waals surface area contributed by atoms with Crippen LogP contribution in [-0.4, -0.2) is 57.6 Å². The second-order valence-electron chi connectivity index (χ2n) is 13.8. The molecule has 1 saturated carbocycles. The first-order valence-electron chi connectivity index (χ1n) is 17.3. The number of hydrogen-bond acceptors (Lipinski definition) is 7. The molecule has 48 heavy (non-hydrogen) atoms. The summed E-state index contributed by atoms with van der Waals surface area (Å²) in [6, 6.07) is 26.6. The zero-order valence-electron chi connectivity index (χ0n) is 28.8. The Hall–Kier alpha value is -4.47. The molecular formula is C39H49N7O2. The van der Waals surface area contributed by atoms with E-state index in [1.807, 2.05) is 86.6 Å². The van der Waals surface area contributed by atoms with E-state index < -0.39 is 6.10 Å². The Balaban J connectivity index is 1.15. The zero-order chi connectivity index (χ0) is 33.8. The molecule has 0 aliphatic heterocycles. The summed E-state index contributed by atoms with van der Waals surface area (Å²) in [4.78, 5) is 25.6. The fourth-order valence-corrected chi connectivity index (χ4v) is 7.01. The van der Waals surface area contributed by atoms with E-state index >= 15 is 0 Å². The smallest absolute Gasteiger partial charge is 0.274 e. The number of aliphatic hydroxyl groups excluding tert-OH is 1. The molecule has 0 bridgehead atoms. The van der Waals surface area contributed by atoms with Crippen molar-refractivity contribution >= 4 is 22.7 Å². The number of aliphatic hydroxyl groups is 1. The highest BCUT2D eigenvalue weighted by Crippen LogP contribution is 2.31. The monoisotopic (exact) mass is 647 g/mol. The molecule has 9 nitrogen and oxygen atoms in total. The first-order chi connectivity index (χ1) is 23.2. The molecule has 0 spiro atoms. The van der Waals surface area contributed by atoms with Gasteiger partial charge in [-0.25, -0.2) is 9.67 Å². The lowest BCUT2D eigenvalue weighted by Gasteiger charge is -2.31.